The van der Waals surface area contributed by atoms with Gasteiger partial charge >= 0.3 is 0 Å². The van der Waals surface area contributed by atoms with Crippen LogP contribution in [-0.4, -0.2) is 5.11 Å². The van der Waals surface area contributed by atoms with Gasteiger partial charge in [0.2, 0.25) is 0 Å². The molecule has 0 saturated carbocycles. The van der Waals surface area contributed by atoms with Crippen LogP contribution in [-0.2, 0) is 13.2 Å². The van der Waals surface area contributed by atoms with Crippen LogP contribution in [0.25, 0.3) is 0 Å². The Morgan fingerprint density at radius 2 is 1.68 bits per heavy atom. The number of hydrogen-bond acceptors (Lipinski definition) is 2. The molecule has 0 amide bonds. The van der Waals surface area contributed by atoms with E-state index >= 15 is 0 Å². The number of nitrogens with one attached hydrogen (secondary N) is 1. The Balaban J connectivity index is 1.96. The minimum Gasteiger partial charge on any atom is -0.392 e. The molecule has 19 heavy (non-hydrogen) atoms. The molecule has 100 valence electrons. The number of aliphatic hydroxyl groups is 1. The Hall–Kier alpha value is -1.71. The summed E-state index contributed by atoms with van der Waals surface area (Å²) in [5.74, 6) is -0.182. The van der Waals surface area contributed by atoms with E-state index in [9.17, 15) is 4.39 Å². The Morgan fingerprint density at radius 1 is 1.05 bits per heavy atom. The largest absolute Gasteiger partial charge is 0.392 e. The van der Waals surface area contributed by atoms with Crippen LogP contribution in [0.5, 0.6) is 0 Å². The molecule has 0 aliphatic carbocycles. The van der Waals surface area contributed by atoms with Gasteiger partial charge in [-0.15, -0.1) is 0 Å². The van der Waals surface area contributed by atoms with Crippen molar-refractivity contribution in [2.24, 2.45) is 0 Å². The summed E-state index contributed by atoms with van der Waals surface area (Å²) < 4.78 is 13.6. The molecule has 0 aliphatic heterocycles. The zero-order valence-electron chi connectivity index (χ0n) is 10.9. The second-order valence-corrected chi connectivity index (χ2v) is 4.60. The highest BCUT2D eigenvalue weighted by molar-refractivity contribution is 5.23. The fraction of sp³-hybridized carbons (Fsp3) is 0.250. The van der Waals surface area contributed by atoms with Crippen LogP contribution in [0, 0.1) is 5.82 Å². The molecule has 0 bridgehead atoms. The van der Waals surface area contributed by atoms with Gasteiger partial charge in [0.1, 0.15) is 5.82 Å². The smallest absolute Gasteiger partial charge is 0.127 e. The lowest BCUT2D eigenvalue weighted by molar-refractivity contribution is 0.282. The maximum Gasteiger partial charge on any atom is 0.127 e. The van der Waals surface area contributed by atoms with Crippen LogP contribution in [0.1, 0.15) is 29.7 Å². The molecule has 2 nitrogen and oxygen atoms in total. The molecule has 2 rings (SSSR count). The van der Waals surface area contributed by atoms with Gasteiger partial charge in [-0.1, -0.05) is 42.5 Å². The van der Waals surface area contributed by atoms with E-state index in [0.717, 1.165) is 11.1 Å². The average Bonchev–Trinajstić information content (AvgIpc) is 2.46. The van der Waals surface area contributed by atoms with E-state index in [1.54, 1.807) is 12.1 Å². The van der Waals surface area contributed by atoms with Crippen LogP contribution >= 0.6 is 0 Å². The van der Waals surface area contributed by atoms with Crippen molar-refractivity contribution in [1.29, 1.82) is 0 Å². The number of rotatable bonds is 5. The molecule has 0 aromatic heterocycles. The Kier molecular flexibility index (Phi) is 4.66. The molecule has 0 fully saturated rings. The summed E-state index contributed by atoms with van der Waals surface area (Å²) in [6, 6.07) is 14.5. The number of hydrogen-bond donors (Lipinski definition) is 2. The van der Waals surface area contributed by atoms with Crippen molar-refractivity contribution in [3.05, 3.63) is 71.0 Å². The van der Waals surface area contributed by atoms with Crippen molar-refractivity contribution in [3.8, 4) is 0 Å². The summed E-state index contributed by atoms with van der Waals surface area (Å²) in [7, 11) is 0. The number of aliphatic hydroxyl groups excluding tert-OH is 1. The molecule has 2 aromatic rings. The molecule has 0 saturated heterocycles. The molecular weight excluding hydrogens is 241 g/mol. The highest BCUT2D eigenvalue weighted by Crippen LogP contribution is 2.16. The molecule has 0 radical (unpaired) electrons. The first kappa shape index (κ1) is 13.7. The van der Waals surface area contributed by atoms with Gasteiger partial charge in [0.15, 0.2) is 0 Å². The Bertz CT molecular complexity index is 525. The van der Waals surface area contributed by atoms with E-state index in [0.29, 0.717) is 12.1 Å². The van der Waals surface area contributed by atoms with Crippen LogP contribution in [0.4, 0.5) is 4.39 Å². The van der Waals surface area contributed by atoms with E-state index in [4.69, 9.17) is 5.11 Å². The summed E-state index contributed by atoms with van der Waals surface area (Å²) >= 11 is 0. The van der Waals surface area contributed by atoms with Gasteiger partial charge in [0.25, 0.3) is 0 Å². The molecule has 0 unspecified atom stereocenters. The van der Waals surface area contributed by atoms with Crippen molar-refractivity contribution >= 4 is 0 Å². The Morgan fingerprint density at radius 3 is 2.32 bits per heavy atom. The van der Waals surface area contributed by atoms with Crippen LogP contribution in [0.3, 0.4) is 0 Å². The topological polar surface area (TPSA) is 32.3 Å². The van der Waals surface area contributed by atoms with Crippen molar-refractivity contribution in [2.45, 2.75) is 26.1 Å². The third-order valence-corrected chi connectivity index (χ3v) is 3.19. The van der Waals surface area contributed by atoms with Gasteiger partial charge in [-0.2, -0.15) is 0 Å². The van der Waals surface area contributed by atoms with Gasteiger partial charge in [-0.25, -0.2) is 4.39 Å². The second kappa shape index (κ2) is 6.45. The highest BCUT2D eigenvalue weighted by Gasteiger charge is 2.09. The molecule has 1 atom stereocenters. The number of halogens is 1. The van der Waals surface area contributed by atoms with Gasteiger partial charge in [0.05, 0.1) is 6.61 Å². The van der Waals surface area contributed by atoms with Gasteiger partial charge in [-0.05, 0) is 24.1 Å². The molecule has 0 spiro atoms. The standard InChI is InChI=1S/C16H18FNO/c1-12(15-4-2-3-5-16(15)17)18-10-13-6-8-14(11-19)9-7-13/h2-9,12,18-19H,10-11H2,1H3/t12-/m1/s1. The van der Waals surface area contributed by atoms with Crippen molar-refractivity contribution in [3.63, 3.8) is 0 Å². The molecule has 2 aromatic carbocycles. The summed E-state index contributed by atoms with van der Waals surface area (Å²) in [6.07, 6.45) is 0. The lowest BCUT2D eigenvalue weighted by Crippen LogP contribution is -2.19. The first-order valence-corrected chi connectivity index (χ1v) is 6.37. The molecule has 3 heteroatoms. The summed E-state index contributed by atoms with van der Waals surface area (Å²) in [6.45, 7) is 2.67. The van der Waals surface area contributed by atoms with E-state index < -0.39 is 0 Å². The van der Waals surface area contributed by atoms with Crippen LogP contribution in [0.15, 0.2) is 48.5 Å². The quantitative estimate of drug-likeness (QED) is 0.864. The van der Waals surface area contributed by atoms with E-state index in [1.807, 2.05) is 37.3 Å². The van der Waals surface area contributed by atoms with Crippen LogP contribution < -0.4 is 5.32 Å². The monoisotopic (exact) mass is 259 g/mol. The zero-order chi connectivity index (χ0) is 13.7. The third kappa shape index (κ3) is 3.63. The average molecular weight is 259 g/mol. The second-order valence-electron chi connectivity index (χ2n) is 4.60. The maximum absolute atomic E-state index is 13.6. The van der Waals surface area contributed by atoms with Crippen molar-refractivity contribution in [2.75, 3.05) is 0 Å². The first-order chi connectivity index (χ1) is 9.20. The fourth-order valence-corrected chi connectivity index (χ4v) is 1.97. The summed E-state index contributed by atoms with van der Waals surface area (Å²) in [5, 5.41) is 12.3. The van der Waals surface area contributed by atoms with Crippen molar-refractivity contribution < 1.29 is 9.50 Å². The van der Waals surface area contributed by atoms with Gasteiger partial charge < -0.3 is 10.4 Å². The normalized spacial score (nSPS) is 12.4. The maximum atomic E-state index is 13.6. The lowest BCUT2D eigenvalue weighted by Gasteiger charge is -2.15. The van der Waals surface area contributed by atoms with Gasteiger partial charge in [0, 0.05) is 18.2 Å². The summed E-state index contributed by atoms with van der Waals surface area (Å²) in [5.41, 5.74) is 2.68. The Labute approximate surface area is 112 Å². The highest BCUT2D eigenvalue weighted by atomic mass is 19.1. The lowest BCUT2D eigenvalue weighted by atomic mass is 10.1. The van der Waals surface area contributed by atoms with Crippen LogP contribution in [0.2, 0.25) is 0 Å². The third-order valence-electron chi connectivity index (χ3n) is 3.19. The minimum atomic E-state index is -0.182. The van der Waals surface area contributed by atoms with E-state index in [1.165, 1.54) is 6.07 Å². The molecule has 0 heterocycles. The molecule has 0 aliphatic rings. The fourth-order valence-electron chi connectivity index (χ4n) is 1.97. The number of benzene rings is 2. The van der Waals surface area contributed by atoms with E-state index in [2.05, 4.69) is 5.32 Å². The molecular formula is C16H18FNO. The van der Waals surface area contributed by atoms with E-state index in [-0.39, 0.29) is 18.5 Å². The van der Waals surface area contributed by atoms with Crippen molar-refractivity contribution in [1.82, 2.24) is 5.32 Å². The predicted octanol–water partition coefficient (Wildman–Crippen LogP) is 3.17. The first-order valence-electron chi connectivity index (χ1n) is 6.37. The van der Waals surface area contributed by atoms with Gasteiger partial charge in [-0.3, -0.25) is 0 Å². The minimum absolute atomic E-state index is 0.0429. The zero-order valence-corrected chi connectivity index (χ0v) is 10.9. The SMILES string of the molecule is C[C@@H](NCc1ccc(CO)cc1)c1ccccc1F. The predicted molar refractivity (Wildman–Crippen MR) is 74.0 cm³/mol. The summed E-state index contributed by atoms with van der Waals surface area (Å²) in [4.78, 5) is 0. The molecule has 2 N–H and O–H groups in total.